The van der Waals surface area contributed by atoms with E-state index in [0.29, 0.717) is 11.1 Å². The Labute approximate surface area is 201 Å². The maximum Gasteiger partial charge on any atom is 0.363 e. The van der Waals surface area contributed by atoms with Crippen LogP contribution in [0.25, 0.3) is 6.08 Å². The van der Waals surface area contributed by atoms with Gasteiger partial charge in [0.1, 0.15) is 5.75 Å². The number of aliphatic imine (C=N–C) groups is 1. The number of hydrogen-bond donors (Lipinski definition) is 0. The SMILES string of the molecule is Cc1ccc(C2=N/C(=C\c3ccc(Oc4ccc([N+](=O)[O-])cc4[N+](=O)[O-])cc3)C(=O)O2)cc1[N+](=O)[O-]. The van der Waals surface area contributed by atoms with E-state index in [2.05, 4.69) is 4.99 Å². The number of hydrogen-bond acceptors (Lipinski definition) is 10. The zero-order chi connectivity index (χ0) is 26.0. The van der Waals surface area contributed by atoms with E-state index in [9.17, 15) is 35.1 Å². The highest BCUT2D eigenvalue weighted by atomic mass is 16.6. The summed E-state index contributed by atoms with van der Waals surface area (Å²) in [5.74, 6) is -0.786. The topological polar surface area (TPSA) is 177 Å². The molecule has 3 aromatic carbocycles. The zero-order valence-corrected chi connectivity index (χ0v) is 18.3. The Morgan fingerprint density at radius 1 is 0.861 bits per heavy atom. The molecule has 13 heteroatoms. The van der Waals surface area contributed by atoms with Crippen molar-refractivity contribution >= 4 is 35.0 Å². The standard InChI is InChI=1S/C23H14N4O9/c1-13-2-5-15(11-19(13)26(31)32)22-24-18(23(28)36-22)10-14-3-7-17(8-4-14)35-21-9-6-16(25(29)30)12-20(21)27(33)34/h2-12H,1H3/b18-10-. The second kappa shape index (κ2) is 9.42. The Kier molecular flexibility index (Phi) is 6.20. The molecule has 0 amide bonds. The lowest BCUT2D eigenvalue weighted by Gasteiger charge is -2.06. The Bertz CT molecular complexity index is 1490. The molecule has 0 aromatic heterocycles. The highest BCUT2D eigenvalue weighted by molar-refractivity contribution is 6.13. The normalized spacial score (nSPS) is 13.8. The van der Waals surface area contributed by atoms with Crippen molar-refractivity contribution in [3.63, 3.8) is 0 Å². The number of carbonyl (C=O) groups is 1. The predicted molar refractivity (Wildman–Crippen MR) is 125 cm³/mol. The smallest absolute Gasteiger partial charge is 0.363 e. The Hall–Kier alpha value is -5.46. The summed E-state index contributed by atoms with van der Waals surface area (Å²) in [6.07, 6.45) is 1.43. The summed E-state index contributed by atoms with van der Waals surface area (Å²) in [5, 5.41) is 33.3. The van der Waals surface area contributed by atoms with Crippen LogP contribution < -0.4 is 4.74 Å². The predicted octanol–water partition coefficient (Wildman–Crippen LogP) is 4.86. The van der Waals surface area contributed by atoms with E-state index in [1.165, 1.54) is 30.3 Å². The van der Waals surface area contributed by atoms with Crippen LogP contribution in [0.5, 0.6) is 11.5 Å². The van der Waals surface area contributed by atoms with E-state index >= 15 is 0 Å². The molecule has 0 fully saturated rings. The van der Waals surface area contributed by atoms with Gasteiger partial charge in [-0.05, 0) is 42.8 Å². The first-order chi connectivity index (χ1) is 17.1. The number of rotatable bonds is 7. The lowest BCUT2D eigenvalue weighted by Crippen LogP contribution is -2.06. The van der Waals surface area contributed by atoms with Crippen LogP contribution in [0.3, 0.4) is 0 Å². The van der Waals surface area contributed by atoms with E-state index < -0.39 is 32.1 Å². The van der Waals surface area contributed by atoms with Crippen molar-refractivity contribution in [1.29, 1.82) is 0 Å². The number of esters is 1. The van der Waals surface area contributed by atoms with Gasteiger partial charge in [-0.1, -0.05) is 18.2 Å². The van der Waals surface area contributed by atoms with Gasteiger partial charge in [-0.3, -0.25) is 30.3 Å². The molecule has 0 N–H and O–H groups in total. The monoisotopic (exact) mass is 490 g/mol. The fraction of sp³-hybridized carbons (Fsp3) is 0.0435. The largest absolute Gasteiger partial charge is 0.450 e. The van der Waals surface area contributed by atoms with Gasteiger partial charge in [-0.2, -0.15) is 0 Å². The lowest BCUT2D eigenvalue weighted by molar-refractivity contribution is -0.394. The molecule has 1 heterocycles. The van der Waals surface area contributed by atoms with E-state index in [-0.39, 0.29) is 34.3 Å². The first kappa shape index (κ1) is 23.7. The first-order valence-electron chi connectivity index (χ1n) is 10.1. The second-order valence-corrected chi connectivity index (χ2v) is 7.43. The van der Waals surface area contributed by atoms with E-state index in [0.717, 1.165) is 18.2 Å². The van der Waals surface area contributed by atoms with Gasteiger partial charge in [0.15, 0.2) is 5.70 Å². The summed E-state index contributed by atoms with van der Waals surface area (Å²) in [6.45, 7) is 1.59. The fourth-order valence-electron chi connectivity index (χ4n) is 3.24. The molecular weight excluding hydrogens is 476 g/mol. The molecule has 0 unspecified atom stereocenters. The number of benzene rings is 3. The molecule has 1 aliphatic rings. The van der Waals surface area contributed by atoms with Gasteiger partial charge in [0, 0.05) is 23.3 Å². The number of nitrogens with zero attached hydrogens (tertiary/aromatic N) is 4. The Morgan fingerprint density at radius 3 is 2.19 bits per heavy atom. The third kappa shape index (κ3) is 4.89. The summed E-state index contributed by atoms with van der Waals surface area (Å²) in [4.78, 5) is 47.6. The van der Waals surface area contributed by atoms with Gasteiger partial charge >= 0.3 is 11.7 Å². The maximum atomic E-state index is 12.3. The van der Waals surface area contributed by atoms with Crippen molar-refractivity contribution in [2.75, 3.05) is 0 Å². The molecule has 13 nitrogen and oxygen atoms in total. The van der Waals surface area contributed by atoms with Crippen LogP contribution in [0, 0.1) is 37.3 Å². The van der Waals surface area contributed by atoms with E-state index in [4.69, 9.17) is 9.47 Å². The highest BCUT2D eigenvalue weighted by Gasteiger charge is 2.26. The van der Waals surface area contributed by atoms with Crippen molar-refractivity contribution < 1.29 is 29.0 Å². The summed E-state index contributed by atoms with van der Waals surface area (Å²) < 4.78 is 10.7. The molecule has 1 aliphatic heterocycles. The minimum absolute atomic E-state index is 0.0343. The molecule has 4 rings (SSSR count). The molecule has 180 valence electrons. The fourth-order valence-corrected chi connectivity index (χ4v) is 3.24. The maximum absolute atomic E-state index is 12.3. The third-order valence-electron chi connectivity index (χ3n) is 5.03. The number of aryl methyl sites for hydroxylation is 1. The van der Waals surface area contributed by atoms with Gasteiger partial charge in [0.05, 0.1) is 20.8 Å². The van der Waals surface area contributed by atoms with Crippen LogP contribution in [-0.2, 0) is 9.53 Å². The number of carbonyl (C=O) groups excluding carboxylic acids is 1. The summed E-state index contributed by atoms with van der Waals surface area (Å²) >= 11 is 0. The lowest BCUT2D eigenvalue weighted by atomic mass is 10.1. The molecular formula is C23H14N4O9. The summed E-state index contributed by atoms with van der Waals surface area (Å²) in [5.41, 5.74) is 0.0676. The van der Waals surface area contributed by atoms with Crippen molar-refractivity contribution in [1.82, 2.24) is 0 Å². The Morgan fingerprint density at radius 2 is 1.56 bits per heavy atom. The molecule has 0 bridgehead atoms. The van der Waals surface area contributed by atoms with Gasteiger partial charge in [0.25, 0.3) is 11.4 Å². The number of nitro benzene ring substituents is 3. The van der Waals surface area contributed by atoms with Gasteiger partial charge < -0.3 is 9.47 Å². The van der Waals surface area contributed by atoms with Gasteiger partial charge in [-0.15, -0.1) is 0 Å². The Balaban J connectivity index is 1.55. The second-order valence-electron chi connectivity index (χ2n) is 7.43. The molecule has 3 aromatic rings. The quantitative estimate of drug-likeness (QED) is 0.194. The number of non-ortho nitro benzene ring substituents is 1. The zero-order valence-electron chi connectivity index (χ0n) is 18.3. The van der Waals surface area contributed by atoms with Crippen LogP contribution in [0.4, 0.5) is 17.1 Å². The van der Waals surface area contributed by atoms with Crippen molar-refractivity contribution in [2.45, 2.75) is 6.92 Å². The molecule has 0 spiro atoms. The minimum atomic E-state index is -0.787. The number of ether oxygens (including phenoxy) is 2. The number of nitro groups is 3. The van der Waals surface area contributed by atoms with Crippen LogP contribution in [-0.4, -0.2) is 26.6 Å². The molecule has 36 heavy (non-hydrogen) atoms. The molecule has 0 atom stereocenters. The van der Waals surface area contributed by atoms with Crippen LogP contribution in [0.1, 0.15) is 16.7 Å². The number of cyclic esters (lactones) is 1. The van der Waals surface area contributed by atoms with Crippen molar-refractivity contribution in [3.8, 4) is 11.5 Å². The minimum Gasteiger partial charge on any atom is -0.450 e. The van der Waals surface area contributed by atoms with Crippen molar-refractivity contribution in [3.05, 3.63) is 113 Å². The molecule has 0 radical (unpaired) electrons. The average molecular weight is 490 g/mol. The molecule has 0 saturated heterocycles. The van der Waals surface area contributed by atoms with Crippen molar-refractivity contribution in [2.24, 2.45) is 4.99 Å². The first-order valence-corrected chi connectivity index (χ1v) is 10.1. The van der Waals surface area contributed by atoms with Crippen LogP contribution in [0.15, 0.2) is 71.4 Å². The van der Waals surface area contributed by atoms with Gasteiger partial charge in [0.2, 0.25) is 11.6 Å². The average Bonchev–Trinajstić information content (AvgIpc) is 3.20. The summed E-state index contributed by atoms with van der Waals surface area (Å²) in [7, 11) is 0. The summed E-state index contributed by atoms with van der Waals surface area (Å²) in [6, 6.07) is 13.4. The molecule has 0 aliphatic carbocycles. The molecule has 0 saturated carbocycles. The van der Waals surface area contributed by atoms with Gasteiger partial charge in [-0.25, -0.2) is 9.79 Å². The third-order valence-corrected chi connectivity index (χ3v) is 5.03. The van der Waals surface area contributed by atoms with E-state index in [1.54, 1.807) is 25.1 Å². The van der Waals surface area contributed by atoms with E-state index in [1.807, 2.05) is 0 Å². The highest BCUT2D eigenvalue weighted by Crippen LogP contribution is 2.34. The van der Waals surface area contributed by atoms with Crippen LogP contribution in [0.2, 0.25) is 0 Å². The van der Waals surface area contributed by atoms with Crippen LogP contribution >= 0.6 is 0 Å².